The number of para-hydroxylation sites is 1. The molecule has 0 radical (unpaired) electrons. The maximum atomic E-state index is 10.4. The molecule has 3 aromatic heterocycles. The molecule has 4 heterocycles. The highest BCUT2D eigenvalue weighted by atomic mass is 16.5. The number of hydrogen-bond acceptors (Lipinski definition) is 6. The Bertz CT molecular complexity index is 1280. The van der Waals surface area contributed by atoms with Gasteiger partial charge in [0.1, 0.15) is 17.0 Å². The Kier molecular flexibility index (Phi) is 5.10. The van der Waals surface area contributed by atoms with Crippen LogP contribution in [0.2, 0.25) is 0 Å². The molecule has 1 aliphatic rings. The summed E-state index contributed by atoms with van der Waals surface area (Å²) in [5, 5.41) is 20.2. The van der Waals surface area contributed by atoms with Crippen molar-refractivity contribution < 1.29 is 9.84 Å². The van der Waals surface area contributed by atoms with Crippen molar-refractivity contribution in [1.29, 1.82) is 0 Å². The number of pyridine rings is 2. The Balaban J connectivity index is 1.55. The van der Waals surface area contributed by atoms with Gasteiger partial charge in [0.15, 0.2) is 11.5 Å². The van der Waals surface area contributed by atoms with Crippen molar-refractivity contribution in [3.8, 4) is 17.3 Å². The summed E-state index contributed by atoms with van der Waals surface area (Å²) in [6.07, 6.45) is 2.94. The summed E-state index contributed by atoms with van der Waals surface area (Å²) in [6.45, 7) is 9.66. The van der Waals surface area contributed by atoms with Gasteiger partial charge in [-0.2, -0.15) is 0 Å². The first-order valence-electron chi connectivity index (χ1n) is 11.2. The average Bonchev–Trinajstić information content (AvgIpc) is 3.35. The first kappa shape index (κ1) is 20.8. The topological polar surface area (TPSA) is 75.8 Å². The number of aliphatic hydroxyl groups is 1. The average molecular weight is 432 g/mol. The number of aromatic nitrogens is 4. The lowest BCUT2D eigenvalue weighted by molar-refractivity contribution is 0.0633. The van der Waals surface area contributed by atoms with Crippen LogP contribution in [0.4, 0.5) is 0 Å². The van der Waals surface area contributed by atoms with Gasteiger partial charge in [-0.1, -0.05) is 24.3 Å². The van der Waals surface area contributed by atoms with E-state index in [1.165, 1.54) is 0 Å². The van der Waals surface area contributed by atoms with Gasteiger partial charge < -0.3 is 9.84 Å². The molecule has 1 fully saturated rings. The number of likely N-dealkylation sites (tertiary alicyclic amines) is 1. The number of β-amino-alcohol motifs (C(OH)–C–C–N with tert-alkyl or cyclic N) is 1. The predicted molar refractivity (Wildman–Crippen MR) is 125 cm³/mol. The monoisotopic (exact) mass is 431 g/mol. The summed E-state index contributed by atoms with van der Waals surface area (Å²) in [7, 11) is 0. The van der Waals surface area contributed by atoms with Crippen LogP contribution in [-0.4, -0.2) is 54.4 Å². The number of ether oxygens (including phenoxy) is 1. The van der Waals surface area contributed by atoms with Crippen molar-refractivity contribution in [3.63, 3.8) is 0 Å². The molecule has 32 heavy (non-hydrogen) atoms. The highest BCUT2D eigenvalue weighted by Crippen LogP contribution is 2.31. The van der Waals surface area contributed by atoms with Crippen LogP contribution in [0.1, 0.15) is 45.7 Å². The van der Waals surface area contributed by atoms with E-state index < -0.39 is 5.60 Å². The van der Waals surface area contributed by atoms with Gasteiger partial charge in [0, 0.05) is 30.7 Å². The van der Waals surface area contributed by atoms with E-state index in [9.17, 15) is 5.11 Å². The normalized spacial score (nSPS) is 20.4. The molecule has 166 valence electrons. The molecule has 0 saturated carbocycles. The molecule has 0 amide bonds. The molecule has 1 saturated heterocycles. The second-order valence-electron chi connectivity index (χ2n) is 9.30. The molecular formula is C25H29N5O2. The summed E-state index contributed by atoms with van der Waals surface area (Å²) in [5.41, 5.74) is 2.88. The zero-order valence-corrected chi connectivity index (χ0v) is 19.0. The molecule has 5 rings (SSSR count). The van der Waals surface area contributed by atoms with Gasteiger partial charge in [0.05, 0.1) is 11.7 Å². The smallest absolute Gasteiger partial charge is 0.187 e. The fraction of sp³-hybridized carbons (Fsp3) is 0.400. The van der Waals surface area contributed by atoms with Crippen molar-refractivity contribution >= 4 is 16.6 Å². The minimum Gasteiger partial charge on any atom is -0.489 e. The number of rotatable bonds is 5. The van der Waals surface area contributed by atoms with Crippen LogP contribution >= 0.6 is 0 Å². The Labute approximate surface area is 187 Å². The van der Waals surface area contributed by atoms with E-state index in [0.717, 1.165) is 46.5 Å². The maximum absolute atomic E-state index is 10.4. The lowest BCUT2D eigenvalue weighted by atomic mass is 10.1. The minimum absolute atomic E-state index is 0.0652. The van der Waals surface area contributed by atoms with Gasteiger partial charge >= 0.3 is 0 Å². The molecule has 7 nitrogen and oxygen atoms in total. The molecule has 1 aromatic carbocycles. The molecule has 1 unspecified atom stereocenters. The third kappa shape index (κ3) is 3.82. The van der Waals surface area contributed by atoms with Crippen molar-refractivity contribution in [1.82, 2.24) is 24.5 Å². The summed E-state index contributed by atoms with van der Waals surface area (Å²) >= 11 is 0. The van der Waals surface area contributed by atoms with E-state index in [-0.39, 0.29) is 12.1 Å². The number of hydrogen-bond donors (Lipinski definition) is 1. The van der Waals surface area contributed by atoms with Crippen LogP contribution in [0.25, 0.3) is 28.1 Å². The van der Waals surface area contributed by atoms with E-state index in [0.29, 0.717) is 12.4 Å². The first-order chi connectivity index (χ1) is 15.3. The Hall–Kier alpha value is -3.03. The van der Waals surface area contributed by atoms with Crippen LogP contribution in [0, 0.1) is 0 Å². The quantitative estimate of drug-likeness (QED) is 0.509. The van der Waals surface area contributed by atoms with Gasteiger partial charge in [-0.3, -0.25) is 9.30 Å². The number of nitrogens with zero attached hydrogens (tertiary/aromatic N) is 5. The van der Waals surface area contributed by atoms with E-state index in [1.54, 1.807) is 0 Å². The molecule has 7 heteroatoms. The Morgan fingerprint density at radius 1 is 1.06 bits per heavy atom. The summed E-state index contributed by atoms with van der Waals surface area (Å²) in [5.74, 6) is 1.47. The summed E-state index contributed by atoms with van der Waals surface area (Å²) in [6, 6.07) is 14.3. The van der Waals surface area contributed by atoms with Crippen LogP contribution in [0.15, 0.2) is 48.7 Å². The second-order valence-corrected chi connectivity index (χ2v) is 9.30. The first-order valence-corrected chi connectivity index (χ1v) is 11.2. The van der Waals surface area contributed by atoms with E-state index in [2.05, 4.69) is 34.3 Å². The number of benzene rings is 1. The molecule has 0 spiro atoms. The van der Waals surface area contributed by atoms with Crippen LogP contribution in [0.5, 0.6) is 5.75 Å². The third-order valence-corrected chi connectivity index (χ3v) is 6.21. The minimum atomic E-state index is -0.620. The number of fused-ring (bicyclic) bond motifs is 2. The van der Waals surface area contributed by atoms with Gasteiger partial charge in [0.2, 0.25) is 0 Å². The largest absolute Gasteiger partial charge is 0.489 e. The van der Waals surface area contributed by atoms with Gasteiger partial charge in [-0.15, -0.1) is 10.2 Å². The van der Waals surface area contributed by atoms with Crippen molar-refractivity contribution in [3.05, 3.63) is 54.2 Å². The maximum Gasteiger partial charge on any atom is 0.187 e. The zero-order valence-electron chi connectivity index (χ0n) is 19.0. The van der Waals surface area contributed by atoms with Gasteiger partial charge in [-0.25, -0.2) is 4.98 Å². The predicted octanol–water partition coefficient (Wildman–Crippen LogP) is 4.25. The molecule has 1 aliphatic heterocycles. The molecule has 1 N–H and O–H groups in total. The fourth-order valence-corrected chi connectivity index (χ4v) is 4.44. The standard InChI is InChI=1S/C25H29N5O2/c1-16(2)32-21-7-5-6-18-8-10-20(26-23(18)21)24-28-27-22-11-9-19(14-30(22)24)17(3)29-13-12-25(4,31)15-29/h5-11,14,16-17,31H,12-13,15H2,1-4H3/t17-,25?/m1/s1. The van der Waals surface area contributed by atoms with Gasteiger partial charge in [-0.05, 0) is 57.9 Å². The zero-order chi connectivity index (χ0) is 22.5. The van der Waals surface area contributed by atoms with Crippen molar-refractivity contribution in [2.75, 3.05) is 13.1 Å². The van der Waals surface area contributed by atoms with Crippen LogP contribution < -0.4 is 4.74 Å². The lowest BCUT2D eigenvalue weighted by Gasteiger charge is -2.26. The van der Waals surface area contributed by atoms with Crippen LogP contribution in [-0.2, 0) is 0 Å². The second kappa shape index (κ2) is 7.83. The summed E-state index contributed by atoms with van der Waals surface area (Å²) < 4.78 is 7.98. The van der Waals surface area contributed by atoms with Crippen molar-refractivity contribution in [2.24, 2.45) is 0 Å². The molecule has 2 atom stereocenters. The third-order valence-electron chi connectivity index (χ3n) is 6.21. The van der Waals surface area contributed by atoms with E-state index in [4.69, 9.17) is 9.72 Å². The van der Waals surface area contributed by atoms with Crippen LogP contribution in [0.3, 0.4) is 0 Å². The van der Waals surface area contributed by atoms with E-state index in [1.807, 2.05) is 61.6 Å². The molecular weight excluding hydrogens is 402 g/mol. The van der Waals surface area contributed by atoms with Gasteiger partial charge in [0.25, 0.3) is 0 Å². The Morgan fingerprint density at radius 2 is 1.91 bits per heavy atom. The fourth-order valence-electron chi connectivity index (χ4n) is 4.44. The molecule has 0 aliphatic carbocycles. The summed E-state index contributed by atoms with van der Waals surface area (Å²) in [4.78, 5) is 7.21. The lowest BCUT2D eigenvalue weighted by Crippen LogP contribution is -2.31. The Morgan fingerprint density at radius 3 is 2.66 bits per heavy atom. The highest BCUT2D eigenvalue weighted by Gasteiger charge is 2.34. The van der Waals surface area contributed by atoms with E-state index >= 15 is 0 Å². The molecule has 4 aromatic rings. The van der Waals surface area contributed by atoms with Crippen molar-refractivity contribution in [2.45, 2.75) is 51.9 Å². The SMILES string of the molecule is CC(C)Oc1cccc2ccc(-c3nnc4ccc([C@@H](C)N5CCC(C)(O)C5)cn34)nc12. The highest BCUT2D eigenvalue weighted by molar-refractivity contribution is 5.86. The molecule has 0 bridgehead atoms.